The Morgan fingerprint density at radius 1 is 1.38 bits per heavy atom. The molecule has 1 aliphatic rings. The van der Waals surface area contributed by atoms with Crippen LogP contribution in [0.2, 0.25) is 0 Å². The maximum Gasteiger partial charge on any atom is 0.251 e. The topological polar surface area (TPSA) is 65.1 Å². The Morgan fingerprint density at radius 2 is 2.19 bits per heavy atom. The summed E-state index contributed by atoms with van der Waals surface area (Å²) in [6.45, 7) is 2.50. The molecule has 1 aliphatic carbocycles. The molecule has 1 amide bonds. The van der Waals surface area contributed by atoms with Gasteiger partial charge < -0.3 is 15.4 Å². The summed E-state index contributed by atoms with van der Waals surface area (Å²) in [5.74, 6) is 0.0145. The zero-order valence-corrected chi connectivity index (χ0v) is 12.4. The molecule has 21 heavy (non-hydrogen) atoms. The second kappa shape index (κ2) is 5.90. The highest BCUT2D eigenvalue weighted by Gasteiger charge is 2.16. The number of carbonyl (C=O) groups is 1. The van der Waals surface area contributed by atoms with Gasteiger partial charge in [-0.1, -0.05) is 6.92 Å². The van der Waals surface area contributed by atoms with Crippen LogP contribution in [-0.2, 0) is 12.8 Å². The number of nitrogens with one attached hydrogen (secondary N) is 2. The highest BCUT2D eigenvalue weighted by Crippen LogP contribution is 2.29. The minimum Gasteiger partial charge on any atom is -0.396 e. The molecule has 4 nitrogen and oxygen atoms in total. The highest BCUT2D eigenvalue weighted by atomic mass is 16.3. The van der Waals surface area contributed by atoms with Crippen molar-refractivity contribution in [2.75, 3.05) is 13.2 Å². The van der Waals surface area contributed by atoms with Gasteiger partial charge in [-0.25, -0.2) is 0 Å². The van der Waals surface area contributed by atoms with Crippen LogP contribution < -0.4 is 5.32 Å². The fourth-order valence-electron chi connectivity index (χ4n) is 2.98. The number of aliphatic hydroxyl groups excluding tert-OH is 1. The van der Waals surface area contributed by atoms with Crippen LogP contribution in [0.25, 0.3) is 10.9 Å². The van der Waals surface area contributed by atoms with Gasteiger partial charge >= 0.3 is 0 Å². The molecule has 3 rings (SSSR count). The second-order valence-corrected chi connectivity index (χ2v) is 6.05. The predicted octanol–water partition coefficient (Wildman–Crippen LogP) is 2.40. The number of hydrogen-bond acceptors (Lipinski definition) is 2. The first-order chi connectivity index (χ1) is 10.2. The van der Waals surface area contributed by atoms with E-state index in [1.165, 1.54) is 29.5 Å². The normalized spacial score (nSPS) is 15.7. The van der Waals surface area contributed by atoms with Crippen LogP contribution in [0, 0.1) is 5.92 Å². The smallest absolute Gasteiger partial charge is 0.251 e. The molecule has 0 aliphatic heterocycles. The molecule has 0 radical (unpaired) electrons. The number of benzene rings is 1. The fourth-order valence-corrected chi connectivity index (χ4v) is 2.98. The van der Waals surface area contributed by atoms with Gasteiger partial charge in [-0.2, -0.15) is 0 Å². The van der Waals surface area contributed by atoms with E-state index in [1.54, 1.807) is 0 Å². The molecule has 0 saturated heterocycles. The monoisotopic (exact) mass is 286 g/mol. The predicted molar refractivity (Wildman–Crippen MR) is 83.5 cm³/mol. The van der Waals surface area contributed by atoms with Gasteiger partial charge in [-0.05, 0) is 55.4 Å². The third kappa shape index (κ3) is 2.81. The van der Waals surface area contributed by atoms with Crippen molar-refractivity contribution in [2.24, 2.45) is 5.92 Å². The van der Waals surface area contributed by atoms with Gasteiger partial charge in [0.1, 0.15) is 0 Å². The van der Waals surface area contributed by atoms with Crippen LogP contribution in [-0.4, -0.2) is 29.1 Å². The number of H-pyrrole nitrogens is 1. The molecule has 112 valence electrons. The van der Waals surface area contributed by atoms with Crippen molar-refractivity contribution in [1.29, 1.82) is 0 Å². The Kier molecular flexibility index (Phi) is 3.97. The largest absolute Gasteiger partial charge is 0.396 e. The molecule has 1 aromatic heterocycles. The number of carbonyl (C=O) groups excluding carboxylic acids is 1. The first-order valence-electron chi connectivity index (χ1n) is 7.71. The van der Waals surface area contributed by atoms with E-state index in [2.05, 4.69) is 10.3 Å². The lowest BCUT2D eigenvalue weighted by Crippen LogP contribution is -2.29. The van der Waals surface area contributed by atoms with E-state index in [-0.39, 0.29) is 18.4 Å². The third-order valence-electron chi connectivity index (χ3n) is 4.28. The lowest BCUT2D eigenvalue weighted by atomic mass is 9.95. The van der Waals surface area contributed by atoms with Crippen molar-refractivity contribution in [3.63, 3.8) is 0 Å². The number of fused-ring (bicyclic) bond motifs is 3. The summed E-state index contributed by atoms with van der Waals surface area (Å²) in [7, 11) is 0. The first-order valence-corrected chi connectivity index (χ1v) is 7.71. The van der Waals surface area contributed by atoms with Crippen LogP contribution in [0.4, 0.5) is 0 Å². The van der Waals surface area contributed by atoms with E-state index in [4.69, 9.17) is 5.11 Å². The molecule has 0 fully saturated rings. The third-order valence-corrected chi connectivity index (χ3v) is 4.28. The summed E-state index contributed by atoms with van der Waals surface area (Å²) in [5.41, 5.74) is 4.54. The van der Waals surface area contributed by atoms with E-state index >= 15 is 0 Å². The van der Waals surface area contributed by atoms with Crippen molar-refractivity contribution in [2.45, 2.75) is 32.6 Å². The Balaban J connectivity index is 1.85. The van der Waals surface area contributed by atoms with E-state index in [0.29, 0.717) is 12.1 Å². The number of aromatic amines is 1. The SMILES string of the molecule is CC(CO)CNC(=O)c1ccc2[nH]c3c(c2c1)CCCC3. The molecule has 1 heterocycles. The maximum absolute atomic E-state index is 12.2. The summed E-state index contributed by atoms with van der Waals surface area (Å²) in [4.78, 5) is 15.7. The first kappa shape index (κ1) is 14.1. The molecular formula is C17H22N2O2. The molecule has 0 bridgehead atoms. The summed E-state index contributed by atoms with van der Waals surface area (Å²) >= 11 is 0. The van der Waals surface area contributed by atoms with Gasteiger partial charge in [0.05, 0.1) is 0 Å². The summed E-state index contributed by atoms with van der Waals surface area (Å²) in [5, 5.41) is 13.1. The number of aromatic nitrogens is 1. The van der Waals surface area contributed by atoms with Crippen molar-refractivity contribution < 1.29 is 9.90 Å². The molecule has 3 N–H and O–H groups in total. The van der Waals surface area contributed by atoms with Crippen LogP contribution in [0.5, 0.6) is 0 Å². The molecule has 1 unspecified atom stereocenters. The van der Waals surface area contributed by atoms with Gasteiger partial charge in [0.15, 0.2) is 0 Å². The van der Waals surface area contributed by atoms with E-state index in [0.717, 1.165) is 18.4 Å². The van der Waals surface area contributed by atoms with Crippen molar-refractivity contribution >= 4 is 16.8 Å². The molecule has 0 saturated carbocycles. The van der Waals surface area contributed by atoms with Gasteiger partial charge in [0.25, 0.3) is 5.91 Å². The van der Waals surface area contributed by atoms with E-state index < -0.39 is 0 Å². The number of rotatable bonds is 4. The van der Waals surface area contributed by atoms with Crippen LogP contribution in [0.15, 0.2) is 18.2 Å². The highest BCUT2D eigenvalue weighted by molar-refractivity contribution is 5.99. The standard InChI is InChI=1S/C17H22N2O2/c1-11(10-20)9-18-17(21)12-6-7-16-14(8-12)13-4-2-3-5-15(13)19-16/h6-8,11,19-20H,2-5,9-10H2,1H3,(H,18,21). The number of aryl methyl sites for hydroxylation is 2. The van der Waals surface area contributed by atoms with Crippen molar-refractivity contribution in [3.05, 3.63) is 35.0 Å². The number of aliphatic hydroxyl groups is 1. The van der Waals surface area contributed by atoms with Crippen molar-refractivity contribution in [3.8, 4) is 0 Å². The van der Waals surface area contributed by atoms with Crippen LogP contribution in [0.3, 0.4) is 0 Å². The number of amides is 1. The number of hydrogen-bond donors (Lipinski definition) is 3. The van der Waals surface area contributed by atoms with Gasteiger partial charge in [-0.3, -0.25) is 4.79 Å². The summed E-state index contributed by atoms with van der Waals surface area (Å²) in [6, 6.07) is 5.86. The quantitative estimate of drug-likeness (QED) is 0.808. The van der Waals surface area contributed by atoms with E-state index in [9.17, 15) is 4.79 Å². The lowest BCUT2D eigenvalue weighted by molar-refractivity contribution is 0.0942. The second-order valence-electron chi connectivity index (χ2n) is 6.05. The van der Waals surface area contributed by atoms with Gasteiger partial charge in [-0.15, -0.1) is 0 Å². The molecule has 1 atom stereocenters. The molecule has 4 heteroatoms. The zero-order valence-electron chi connectivity index (χ0n) is 12.4. The van der Waals surface area contributed by atoms with E-state index in [1.807, 2.05) is 25.1 Å². The molecule has 1 aromatic carbocycles. The maximum atomic E-state index is 12.2. The minimum absolute atomic E-state index is 0.0667. The summed E-state index contributed by atoms with van der Waals surface area (Å²) in [6.07, 6.45) is 4.68. The minimum atomic E-state index is -0.0667. The zero-order chi connectivity index (χ0) is 14.8. The van der Waals surface area contributed by atoms with Crippen LogP contribution in [0.1, 0.15) is 41.4 Å². The van der Waals surface area contributed by atoms with Gasteiger partial charge in [0, 0.05) is 35.3 Å². The fraction of sp³-hybridized carbons (Fsp3) is 0.471. The van der Waals surface area contributed by atoms with Gasteiger partial charge in [0.2, 0.25) is 0 Å². The molecule has 0 spiro atoms. The Hall–Kier alpha value is -1.81. The average molecular weight is 286 g/mol. The molecule has 2 aromatic rings. The average Bonchev–Trinajstić information content (AvgIpc) is 2.90. The Labute approximate surface area is 124 Å². The molecular weight excluding hydrogens is 264 g/mol. The van der Waals surface area contributed by atoms with Crippen LogP contribution >= 0.6 is 0 Å². The van der Waals surface area contributed by atoms with Crippen molar-refractivity contribution in [1.82, 2.24) is 10.3 Å². The Morgan fingerprint density at radius 3 is 3.00 bits per heavy atom. The Bertz CT molecular complexity index is 660. The summed E-state index contributed by atoms with van der Waals surface area (Å²) < 4.78 is 0. The lowest BCUT2D eigenvalue weighted by Gasteiger charge is -2.11.